The molecule has 6 heteroatoms. The van der Waals surface area contributed by atoms with Crippen LogP contribution in [0.15, 0.2) is 34.5 Å². The lowest BCUT2D eigenvalue weighted by molar-refractivity contribution is -0.147. The summed E-state index contributed by atoms with van der Waals surface area (Å²) < 4.78 is 32.8. The zero-order chi connectivity index (χ0) is 19.7. The monoisotopic (exact) mass is 375 g/mol. The van der Waals surface area contributed by atoms with Gasteiger partial charge in [-0.25, -0.2) is 8.78 Å². The fourth-order valence-electron chi connectivity index (χ4n) is 3.72. The van der Waals surface area contributed by atoms with E-state index in [0.29, 0.717) is 41.8 Å². The number of halogens is 2. The number of Topliss-reactive ketones (excluding diaryl/α,β-unsaturated/α-hetero) is 1. The number of aliphatic imine (C=N–C) groups is 1. The summed E-state index contributed by atoms with van der Waals surface area (Å²) >= 11 is 0. The third kappa shape index (κ3) is 3.84. The van der Waals surface area contributed by atoms with Gasteiger partial charge in [-0.1, -0.05) is 19.9 Å². The van der Waals surface area contributed by atoms with Gasteiger partial charge in [-0.2, -0.15) is 0 Å². The van der Waals surface area contributed by atoms with Crippen molar-refractivity contribution in [3.8, 4) is 0 Å². The Morgan fingerprint density at radius 1 is 1.26 bits per heavy atom. The first-order valence-corrected chi connectivity index (χ1v) is 9.22. The van der Waals surface area contributed by atoms with Crippen molar-refractivity contribution in [2.24, 2.45) is 16.8 Å². The number of carbonyl (C=O) groups excluding carboxylic acids is 2. The highest BCUT2D eigenvalue weighted by atomic mass is 19.2. The van der Waals surface area contributed by atoms with Crippen LogP contribution in [0, 0.1) is 23.5 Å². The fraction of sp³-hybridized carbons (Fsp3) is 0.476. The zero-order valence-corrected chi connectivity index (χ0v) is 15.7. The van der Waals surface area contributed by atoms with Gasteiger partial charge in [-0.05, 0) is 43.4 Å². The first kappa shape index (κ1) is 19.4. The largest absolute Gasteiger partial charge is 0.465 e. The molecule has 0 saturated heterocycles. The molecule has 1 aliphatic heterocycles. The van der Waals surface area contributed by atoms with Gasteiger partial charge >= 0.3 is 5.97 Å². The highest BCUT2D eigenvalue weighted by Crippen LogP contribution is 2.43. The Morgan fingerprint density at radius 3 is 2.67 bits per heavy atom. The number of allylic oxidation sites excluding steroid dienone is 2. The van der Waals surface area contributed by atoms with Crippen LogP contribution in [-0.2, 0) is 14.3 Å². The molecule has 0 saturated carbocycles. The van der Waals surface area contributed by atoms with Crippen LogP contribution in [0.1, 0.15) is 51.5 Å². The molecular formula is C21H23F2NO3. The van der Waals surface area contributed by atoms with Crippen LogP contribution in [0.2, 0.25) is 0 Å². The van der Waals surface area contributed by atoms with Gasteiger partial charge in [-0.3, -0.25) is 14.6 Å². The normalized spacial score (nSPS) is 22.6. The van der Waals surface area contributed by atoms with Crippen molar-refractivity contribution in [3.63, 3.8) is 0 Å². The second-order valence-corrected chi connectivity index (χ2v) is 7.54. The summed E-state index contributed by atoms with van der Waals surface area (Å²) in [6.45, 7) is 5.81. The summed E-state index contributed by atoms with van der Waals surface area (Å²) in [6, 6.07) is 3.51. The molecule has 0 radical (unpaired) electrons. The first-order valence-electron chi connectivity index (χ1n) is 9.22. The van der Waals surface area contributed by atoms with Crippen molar-refractivity contribution in [2.75, 3.05) is 6.61 Å². The molecule has 144 valence electrons. The maximum absolute atomic E-state index is 13.9. The minimum atomic E-state index is -1.01. The third-order valence-corrected chi connectivity index (χ3v) is 4.95. The average molecular weight is 375 g/mol. The maximum Gasteiger partial charge on any atom is 0.315 e. The summed E-state index contributed by atoms with van der Waals surface area (Å²) in [5.41, 5.74) is 2.00. The lowest BCUT2D eigenvalue weighted by Crippen LogP contribution is -2.37. The van der Waals surface area contributed by atoms with Crippen LogP contribution in [0.5, 0.6) is 0 Å². The molecular weight excluding hydrogens is 352 g/mol. The number of rotatable bonds is 4. The quantitative estimate of drug-likeness (QED) is 0.736. The molecule has 1 aromatic carbocycles. The summed E-state index contributed by atoms with van der Waals surface area (Å²) in [5.74, 6) is -3.94. The van der Waals surface area contributed by atoms with Gasteiger partial charge in [0, 0.05) is 29.3 Å². The van der Waals surface area contributed by atoms with Crippen molar-refractivity contribution in [3.05, 3.63) is 46.7 Å². The molecule has 27 heavy (non-hydrogen) atoms. The Balaban J connectivity index is 2.09. The van der Waals surface area contributed by atoms with Crippen LogP contribution >= 0.6 is 0 Å². The van der Waals surface area contributed by atoms with Crippen LogP contribution in [0.3, 0.4) is 0 Å². The molecule has 1 aliphatic carbocycles. The van der Waals surface area contributed by atoms with E-state index < -0.39 is 29.4 Å². The van der Waals surface area contributed by atoms with Crippen molar-refractivity contribution < 1.29 is 23.1 Å². The van der Waals surface area contributed by atoms with Crippen LogP contribution in [-0.4, -0.2) is 24.1 Å². The number of esters is 1. The molecule has 1 unspecified atom stereocenters. The third-order valence-electron chi connectivity index (χ3n) is 4.95. The molecule has 0 aromatic heterocycles. The molecule has 0 bridgehead atoms. The number of hydrogen-bond acceptors (Lipinski definition) is 4. The molecule has 2 aliphatic rings. The van der Waals surface area contributed by atoms with Crippen LogP contribution in [0.4, 0.5) is 8.78 Å². The number of nitrogens with zero attached hydrogens (tertiary/aromatic N) is 1. The summed E-state index contributed by atoms with van der Waals surface area (Å²) in [4.78, 5) is 30.0. The second-order valence-electron chi connectivity index (χ2n) is 7.54. The van der Waals surface area contributed by atoms with Crippen LogP contribution in [0.25, 0.3) is 0 Å². The van der Waals surface area contributed by atoms with Gasteiger partial charge in [-0.15, -0.1) is 0 Å². The van der Waals surface area contributed by atoms with E-state index in [9.17, 15) is 18.4 Å². The summed E-state index contributed by atoms with van der Waals surface area (Å²) in [5, 5.41) is 0. The van der Waals surface area contributed by atoms with E-state index in [1.54, 1.807) is 6.92 Å². The summed E-state index contributed by atoms with van der Waals surface area (Å²) in [7, 11) is 0. The van der Waals surface area contributed by atoms with Crippen molar-refractivity contribution in [1.82, 2.24) is 0 Å². The molecule has 1 heterocycles. The molecule has 3 rings (SSSR count). The number of hydrogen-bond donors (Lipinski definition) is 0. The minimum Gasteiger partial charge on any atom is -0.465 e. The Bertz CT molecular complexity index is 842. The van der Waals surface area contributed by atoms with Gasteiger partial charge in [0.25, 0.3) is 0 Å². The van der Waals surface area contributed by atoms with E-state index in [2.05, 4.69) is 4.99 Å². The topological polar surface area (TPSA) is 55.7 Å². The lowest BCUT2D eigenvalue weighted by atomic mass is 9.71. The highest BCUT2D eigenvalue weighted by molar-refractivity contribution is 6.08. The second kappa shape index (κ2) is 7.71. The van der Waals surface area contributed by atoms with Gasteiger partial charge in [0.2, 0.25) is 0 Å². The molecule has 0 N–H and O–H groups in total. The first-order chi connectivity index (χ1) is 12.8. The number of carbonyl (C=O) groups is 2. The van der Waals surface area contributed by atoms with E-state index in [-0.39, 0.29) is 18.3 Å². The molecule has 4 nitrogen and oxygen atoms in total. The van der Waals surface area contributed by atoms with E-state index in [4.69, 9.17) is 4.74 Å². The average Bonchev–Trinajstić information content (AvgIpc) is 2.61. The van der Waals surface area contributed by atoms with Crippen molar-refractivity contribution in [2.45, 2.75) is 46.0 Å². The molecule has 1 aromatic rings. The SMILES string of the molecule is CC1=NC2=C(C(=O)CCC2)[C@H](c2ccc(F)c(F)c2)C1C(=O)OCC(C)C. The van der Waals surface area contributed by atoms with Gasteiger partial charge in [0.15, 0.2) is 17.4 Å². The molecule has 0 spiro atoms. The number of ketones is 1. The zero-order valence-electron chi connectivity index (χ0n) is 15.7. The van der Waals surface area contributed by atoms with Gasteiger partial charge < -0.3 is 4.74 Å². The van der Waals surface area contributed by atoms with Gasteiger partial charge in [0.1, 0.15) is 5.92 Å². The van der Waals surface area contributed by atoms with E-state index in [0.717, 1.165) is 12.1 Å². The predicted molar refractivity (Wildman–Crippen MR) is 97.4 cm³/mol. The van der Waals surface area contributed by atoms with Crippen molar-refractivity contribution >= 4 is 17.5 Å². The number of benzene rings is 1. The predicted octanol–water partition coefficient (Wildman–Crippen LogP) is 4.35. The smallest absolute Gasteiger partial charge is 0.315 e. The highest BCUT2D eigenvalue weighted by Gasteiger charge is 2.43. The number of ether oxygens (including phenoxy) is 1. The molecule has 0 fully saturated rings. The Kier molecular flexibility index (Phi) is 5.53. The minimum absolute atomic E-state index is 0.0936. The fourth-order valence-corrected chi connectivity index (χ4v) is 3.72. The molecule has 0 amide bonds. The van der Waals surface area contributed by atoms with E-state index >= 15 is 0 Å². The van der Waals surface area contributed by atoms with Gasteiger partial charge in [0.05, 0.1) is 6.61 Å². The van der Waals surface area contributed by atoms with E-state index in [1.165, 1.54) is 6.07 Å². The van der Waals surface area contributed by atoms with Crippen molar-refractivity contribution in [1.29, 1.82) is 0 Å². The van der Waals surface area contributed by atoms with E-state index in [1.807, 2.05) is 13.8 Å². The lowest BCUT2D eigenvalue weighted by Gasteiger charge is -2.34. The Hall–Kier alpha value is -2.37. The van der Waals surface area contributed by atoms with Crippen LogP contribution < -0.4 is 0 Å². The molecule has 2 atom stereocenters. The Labute approximate surface area is 157 Å². The summed E-state index contributed by atoms with van der Waals surface area (Å²) in [6.07, 6.45) is 1.69. The maximum atomic E-state index is 13.9. The Morgan fingerprint density at radius 2 is 2.00 bits per heavy atom. The standard InChI is InChI=1S/C21H23F2NO3/c1-11(2)10-27-21(26)18-12(3)24-16-5-4-6-17(25)20(16)19(18)13-7-8-14(22)15(23)9-13/h7-9,11,18-19H,4-6,10H2,1-3H3/t18?,19-/m1/s1.